The van der Waals surface area contributed by atoms with Crippen LogP contribution in [0.25, 0.3) is 22.4 Å². The molecule has 0 bridgehead atoms. The molecule has 2 N–H and O–H groups in total. The van der Waals surface area contributed by atoms with Gasteiger partial charge < -0.3 is 10.6 Å². The Kier molecular flexibility index (Phi) is 5.35. The molecule has 0 unspecified atom stereocenters. The van der Waals surface area contributed by atoms with Crippen LogP contribution in [-0.4, -0.2) is 39.2 Å². The molecule has 7 nitrogen and oxygen atoms in total. The van der Waals surface area contributed by atoms with Crippen LogP contribution in [0.15, 0.2) is 53.0 Å². The number of fused-ring (bicyclic) bond motifs is 1. The van der Waals surface area contributed by atoms with E-state index >= 15 is 0 Å². The van der Waals surface area contributed by atoms with Crippen molar-refractivity contribution in [2.45, 2.75) is 12.8 Å². The highest BCUT2D eigenvalue weighted by Gasteiger charge is 2.11. The Morgan fingerprint density at radius 2 is 1.66 bits per heavy atom. The van der Waals surface area contributed by atoms with Gasteiger partial charge in [0.05, 0.1) is 11.1 Å². The minimum Gasteiger partial charge on any atom is -0.383 e. The third-order valence-electron chi connectivity index (χ3n) is 4.58. The van der Waals surface area contributed by atoms with E-state index in [0.29, 0.717) is 35.1 Å². The standard InChI is InChI=1S/C21H20BrN7/c1-29(2)19-12-10-17(27-28-19)16-9-8-14-20(23)25-18(26-21(14)24-16)11-7-13-5-3-4-6-15(13)22/h3-6,8-10,12H,7,11H2,1-2H3,(H2,23,24,25,26). The van der Waals surface area contributed by atoms with E-state index in [-0.39, 0.29) is 0 Å². The van der Waals surface area contributed by atoms with Crippen LogP contribution < -0.4 is 10.6 Å². The Bertz CT molecular complexity index is 1160. The highest BCUT2D eigenvalue weighted by molar-refractivity contribution is 9.10. The zero-order valence-electron chi connectivity index (χ0n) is 16.2. The lowest BCUT2D eigenvalue weighted by Gasteiger charge is -2.10. The first-order chi connectivity index (χ1) is 14.0. The summed E-state index contributed by atoms with van der Waals surface area (Å²) in [6, 6.07) is 15.7. The molecule has 146 valence electrons. The van der Waals surface area contributed by atoms with E-state index < -0.39 is 0 Å². The van der Waals surface area contributed by atoms with Gasteiger partial charge in [-0.2, -0.15) is 0 Å². The Balaban J connectivity index is 1.64. The minimum absolute atomic E-state index is 0.435. The molecule has 0 aliphatic rings. The first-order valence-corrected chi connectivity index (χ1v) is 9.98. The second kappa shape index (κ2) is 8.08. The Labute approximate surface area is 177 Å². The molecule has 0 fully saturated rings. The number of halogens is 1. The summed E-state index contributed by atoms with van der Waals surface area (Å²) in [6.07, 6.45) is 1.48. The van der Waals surface area contributed by atoms with E-state index in [4.69, 9.17) is 5.73 Å². The maximum atomic E-state index is 6.16. The highest BCUT2D eigenvalue weighted by atomic mass is 79.9. The number of hydrogen-bond acceptors (Lipinski definition) is 7. The predicted octanol–water partition coefficient (Wildman–Crippen LogP) is 3.68. The van der Waals surface area contributed by atoms with E-state index in [9.17, 15) is 0 Å². The number of nitrogens with two attached hydrogens (primary N) is 1. The lowest BCUT2D eigenvalue weighted by atomic mass is 10.1. The van der Waals surface area contributed by atoms with Gasteiger partial charge in [-0.3, -0.25) is 0 Å². The van der Waals surface area contributed by atoms with Crippen LogP contribution >= 0.6 is 15.9 Å². The molecule has 0 saturated heterocycles. The molecule has 8 heteroatoms. The first-order valence-electron chi connectivity index (χ1n) is 9.19. The number of pyridine rings is 1. The summed E-state index contributed by atoms with van der Waals surface area (Å²) in [5.74, 6) is 1.89. The summed E-state index contributed by atoms with van der Waals surface area (Å²) in [4.78, 5) is 15.7. The van der Waals surface area contributed by atoms with Gasteiger partial charge in [0.25, 0.3) is 0 Å². The van der Waals surface area contributed by atoms with Crippen LogP contribution in [0.3, 0.4) is 0 Å². The lowest BCUT2D eigenvalue weighted by Crippen LogP contribution is -2.11. The fraction of sp³-hybridized carbons (Fsp3) is 0.190. The third-order valence-corrected chi connectivity index (χ3v) is 5.36. The van der Waals surface area contributed by atoms with Crippen molar-refractivity contribution < 1.29 is 0 Å². The Hall–Kier alpha value is -3.13. The summed E-state index contributed by atoms with van der Waals surface area (Å²) < 4.78 is 1.08. The predicted molar refractivity (Wildman–Crippen MR) is 119 cm³/mol. The molecule has 0 aliphatic carbocycles. The van der Waals surface area contributed by atoms with E-state index in [2.05, 4.69) is 47.1 Å². The molecule has 4 aromatic rings. The molecule has 0 atom stereocenters. The molecular weight excluding hydrogens is 430 g/mol. The van der Waals surface area contributed by atoms with E-state index in [1.165, 1.54) is 5.56 Å². The Morgan fingerprint density at radius 1 is 0.862 bits per heavy atom. The van der Waals surface area contributed by atoms with Gasteiger partial charge in [0, 0.05) is 25.0 Å². The molecule has 0 saturated carbocycles. The van der Waals surface area contributed by atoms with E-state index in [1.807, 2.05) is 61.5 Å². The minimum atomic E-state index is 0.435. The van der Waals surface area contributed by atoms with Crippen molar-refractivity contribution in [3.63, 3.8) is 0 Å². The van der Waals surface area contributed by atoms with Crippen LogP contribution in [0.5, 0.6) is 0 Å². The van der Waals surface area contributed by atoms with Crippen molar-refractivity contribution in [2.24, 2.45) is 0 Å². The van der Waals surface area contributed by atoms with Gasteiger partial charge in [0.2, 0.25) is 0 Å². The van der Waals surface area contributed by atoms with Gasteiger partial charge in [-0.1, -0.05) is 34.1 Å². The van der Waals surface area contributed by atoms with Crippen LogP contribution in [0, 0.1) is 0 Å². The largest absolute Gasteiger partial charge is 0.383 e. The molecule has 0 spiro atoms. The molecule has 1 aromatic carbocycles. The maximum Gasteiger partial charge on any atom is 0.165 e. The number of aromatic nitrogens is 5. The summed E-state index contributed by atoms with van der Waals surface area (Å²) in [6.45, 7) is 0. The maximum absolute atomic E-state index is 6.16. The fourth-order valence-electron chi connectivity index (χ4n) is 2.98. The number of aryl methyl sites for hydroxylation is 2. The van der Waals surface area contributed by atoms with Crippen LogP contribution in [0.4, 0.5) is 11.6 Å². The molecule has 3 aromatic heterocycles. The van der Waals surface area contributed by atoms with Crippen molar-refractivity contribution in [3.8, 4) is 11.4 Å². The quantitative estimate of drug-likeness (QED) is 0.496. The fourth-order valence-corrected chi connectivity index (χ4v) is 3.47. The first kappa shape index (κ1) is 19.2. The zero-order valence-corrected chi connectivity index (χ0v) is 17.8. The number of rotatable bonds is 5. The number of hydrogen-bond donors (Lipinski definition) is 1. The topological polar surface area (TPSA) is 93.7 Å². The molecular formula is C21H20BrN7. The van der Waals surface area contributed by atoms with Gasteiger partial charge >= 0.3 is 0 Å². The molecule has 0 amide bonds. The van der Waals surface area contributed by atoms with Crippen molar-refractivity contribution in [1.82, 2.24) is 25.1 Å². The van der Waals surface area contributed by atoms with E-state index in [0.717, 1.165) is 22.1 Å². The van der Waals surface area contributed by atoms with Crippen LogP contribution in [-0.2, 0) is 12.8 Å². The Morgan fingerprint density at radius 3 is 2.38 bits per heavy atom. The average Bonchev–Trinajstić information content (AvgIpc) is 2.73. The summed E-state index contributed by atoms with van der Waals surface area (Å²) >= 11 is 3.58. The molecule has 3 heterocycles. The van der Waals surface area contributed by atoms with Crippen molar-refractivity contribution in [2.75, 3.05) is 24.7 Å². The normalized spacial score (nSPS) is 11.0. The van der Waals surface area contributed by atoms with Gasteiger partial charge in [-0.25, -0.2) is 15.0 Å². The lowest BCUT2D eigenvalue weighted by molar-refractivity contribution is 0.866. The highest BCUT2D eigenvalue weighted by Crippen LogP contribution is 2.23. The molecule has 4 rings (SSSR count). The van der Waals surface area contributed by atoms with Gasteiger partial charge in [0.15, 0.2) is 11.5 Å². The monoisotopic (exact) mass is 449 g/mol. The zero-order chi connectivity index (χ0) is 20.4. The second-order valence-corrected chi connectivity index (χ2v) is 7.71. The molecule has 29 heavy (non-hydrogen) atoms. The SMILES string of the molecule is CN(C)c1ccc(-c2ccc3c(N)nc(CCc4ccccc4Br)nc3n2)nn1. The molecule has 0 aliphatic heterocycles. The smallest absolute Gasteiger partial charge is 0.165 e. The van der Waals surface area contributed by atoms with Crippen molar-refractivity contribution in [3.05, 3.63) is 64.4 Å². The van der Waals surface area contributed by atoms with Crippen LogP contribution in [0.1, 0.15) is 11.4 Å². The molecule has 0 radical (unpaired) electrons. The number of nitrogens with zero attached hydrogens (tertiary/aromatic N) is 6. The summed E-state index contributed by atoms with van der Waals surface area (Å²) in [5.41, 5.74) is 9.31. The number of benzene rings is 1. The summed E-state index contributed by atoms with van der Waals surface area (Å²) in [5, 5.41) is 9.22. The van der Waals surface area contributed by atoms with Gasteiger partial charge in [-0.15, -0.1) is 10.2 Å². The van der Waals surface area contributed by atoms with Crippen molar-refractivity contribution >= 4 is 38.6 Å². The van der Waals surface area contributed by atoms with Gasteiger partial charge in [-0.05, 0) is 42.3 Å². The second-order valence-electron chi connectivity index (χ2n) is 6.86. The summed E-state index contributed by atoms with van der Waals surface area (Å²) in [7, 11) is 3.85. The number of nitrogen functional groups attached to an aromatic ring is 1. The van der Waals surface area contributed by atoms with Crippen molar-refractivity contribution in [1.29, 1.82) is 0 Å². The van der Waals surface area contributed by atoms with E-state index in [1.54, 1.807) is 0 Å². The number of anilines is 2. The van der Waals surface area contributed by atoms with Crippen LogP contribution in [0.2, 0.25) is 0 Å². The van der Waals surface area contributed by atoms with Gasteiger partial charge in [0.1, 0.15) is 17.3 Å². The average molecular weight is 450 g/mol. The third kappa shape index (κ3) is 4.17.